The van der Waals surface area contributed by atoms with Crippen molar-refractivity contribution in [1.29, 1.82) is 0 Å². The first kappa shape index (κ1) is 14.8. The van der Waals surface area contributed by atoms with E-state index < -0.39 is 0 Å². The third kappa shape index (κ3) is 4.21. The molecule has 6 heteroatoms. The lowest BCUT2D eigenvalue weighted by Crippen LogP contribution is -2.47. The lowest BCUT2D eigenvalue weighted by atomic mass is 10.2. The van der Waals surface area contributed by atoms with Gasteiger partial charge in [-0.1, -0.05) is 11.6 Å². The van der Waals surface area contributed by atoms with Crippen LogP contribution in [0.3, 0.4) is 0 Å². The molecule has 0 bridgehead atoms. The summed E-state index contributed by atoms with van der Waals surface area (Å²) in [5.74, 6) is -0.416. The molecule has 0 atom stereocenters. The molecule has 0 radical (unpaired) electrons. The number of nitrogens with zero attached hydrogens (tertiary/aromatic N) is 2. The first-order chi connectivity index (χ1) is 9.54. The van der Waals surface area contributed by atoms with E-state index in [1.165, 1.54) is 0 Å². The average molecular weight is 296 g/mol. The standard InChI is InChI=1S/C14H18ClN3O2/c1-17-6-8-18(9-7-17)14(20)10-13(19)16-12-4-2-11(15)3-5-12/h2-5H,6-10H2,1H3,(H,16,19). The smallest absolute Gasteiger partial charge is 0.233 e. The summed E-state index contributed by atoms with van der Waals surface area (Å²) in [5, 5.41) is 3.30. The van der Waals surface area contributed by atoms with Crippen molar-refractivity contribution in [2.45, 2.75) is 6.42 Å². The topological polar surface area (TPSA) is 52.7 Å². The number of hydrogen-bond acceptors (Lipinski definition) is 3. The molecule has 0 aliphatic carbocycles. The highest BCUT2D eigenvalue weighted by molar-refractivity contribution is 6.30. The molecule has 0 aromatic heterocycles. The van der Waals surface area contributed by atoms with Gasteiger partial charge in [-0.3, -0.25) is 9.59 Å². The number of amides is 2. The molecule has 5 nitrogen and oxygen atoms in total. The molecule has 20 heavy (non-hydrogen) atoms. The summed E-state index contributed by atoms with van der Waals surface area (Å²) < 4.78 is 0. The van der Waals surface area contributed by atoms with E-state index in [1.54, 1.807) is 29.2 Å². The van der Waals surface area contributed by atoms with Crippen LogP contribution in [0, 0.1) is 0 Å². The van der Waals surface area contributed by atoms with Crippen LogP contribution >= 0.6 is 11.6 Å². The number of rotatable bonds is 3. The molecule has 1 heterocycles. The number of piperazine rings is 1. The van der Waals surface area contributed by atoms with E-state index in [-0.39, 0.29) is 18.2 Å². The van der Waals surface area contributed by atoms with Gasteiger partial charge in [0.15, 0.2) is 0 Å². The van der Waals surface area contributed by atoms with Crippen molar-refractivity contribution in [3.8, 4) is 0 Å². The first-order valence-electron chi connectivity index (χ1n) is 6.56. The maximum Gasteiger partial charge on any atom is 0.233 e. The molecule has 1 aliphatic heterocycles. The summed E-state index contributed by atoms with van der Waals surface area (Å²) in [6.45, 7) is 3.07. The normalized spacial score (nSPS) is 16.0. The van der Waals surface area contributed by atoms with Crippen LogP contribution in [0.25, 0.3) is 0 Å². The van der Waals surface area contributed by atoms with E-state index >= 15 is 0 Å². The van der Waals surface area contributed by atoms with Crippen molar-refractivity contribution in [1.82, 2.24) is 9.80 Å². The highest BCUT2D eigenvalue weighted by Crippen LogP contribution is 2.13. The number of carbonyl (C=O) groups excluding carboxylic acids is 2. The van der Waals surface area contributed by atoms with Crippen LogP contribution in [0.4, 0.5) is 5.69 Å². The zero-order valence-electron chi connectivity index (χ0n) is 11.4. The minimum atomic E-state index is -0.295. The third-order valence-corrected chi connectivity index (χ3v) is 3.55. The van der Waals surface area contributed by atoms with E-state index in [9.17, 15) is 9.59 Å². The Balaban J connectivity index is 1.82. The van der Waals surface area contributed by atoms with E-state index in [1.807, 2.05) is 7.05 Å². The molecular weight excluding hydrogens is 278 g/mol. The molecule has 2 rings (SSSR count). The second kappa shape index (κ2) is 6.72. The Morgan fingerprint density at radius 2 is 1.75 bits per heavy atom. The number of anilines is 1. The van der Waals surface area contributed by atoms with Crippen molar-refractivity contribution in [3.63, 3.8) is 0 Å². The molecule has 0 spiro atoms. The zero-order valence-corrected chi connectivity index (χ0v) is 12.2. The van der Waals surface area contributed by atoms with Gasteiger partial charge in [-0.05, 0) is 31.3 Å². The maximum absolute atomic E-state index is 12.0. The minimum absolute atomic E-state index is 0.119. The van der Waals surface area contributed by atoms with Crippen molar-refractivity contribution < 1.29 is 9.59 Å². The minimum Gasteiger partial charge on any atom is -0.340 e. The van der Waals surface area contributed by atoms with Crippen molar-refractivity contribution in [3.05, 3.63) is 29.3 Å². The molecule has 1 aromatic carbocycles. The summed E-state index contributed by atoms with van der Waals surface area (Å²) in [5.41, 5.74) is 0.644. The average Bonchev–Trinajstić information content (AvgIpc) is 2.42. The number of carbonyl (C=O) groups is 2. The van der Waals surface area contributed by atoms with Gasteiger partial charge >= 0.3 is 0 Å². The highest BCUT2D eigenvalue weighted by atomic mass is 35.5. The van der Waals surface area contributed by atoms with Crippen molar-refractivity contribution >= 4 is 29.1 Å². The first-order valence-corrected chi connectivity index (χ1v) is 6.94. The number of halogens is 1. The predicted molar refractivity (Wildman–Crippen MR) is 78.8 cm³/mol. The second-order valence-corrected chi connectivity index (χ2v) is 5.35. The zero-order chi connectivity index (χ0) is 14.5. The van der Waals surface area contributed by atoms with Crippen LogP contribution in [-0.2, 0) is 9.59 Å². The fraction of sp³-hybridized carbons (Fsp3) is 0.429. The summed E-state index contributed by atoms with van der Waals surface area (Å²) in [4.78, 5) is 27.7. The van der Waals surface area contributed by atoms with E-state index in [0.717, 1.165) is 13.1 Å². The lowest BCUT2D eigenvalue weighted by Gasteiger charge is -2.32. The Kier molecular flexibility index (Phi) is 4.98. The summed E-state index contributed by atoms with van der Waals surface area (Å²) in [6, 6.07) is 6.81. The predicted octanol–water partition coefficient (Wildman–Crippen LogP) is 1.44. The van der Waals surface area contributed by atoms with Crippen LogP contribution < -0.4 is 5.32 Å². The molecular formula is C14H18ClN3O2. The number of benzene rings is 1. The molecule has 1 aliphatic rings. The number of hydrogen-bond donors (Lipinski definition) is 1. The van der Waals surface area contributed by atoms with Gasteiger partial charge < -0.3 is 15.1 Å². The van der Waals surface area contributed by atoms with Crippen LogP contribution in [-0.4, -0.2) is 54.8 Å². The van der Waals surface area contributed by atoms with Gasteiger partial charge in [0.25, 0.3) is 0 Å². The van der Waals surface area contributed by atoms with E-state index in [4.69, 9.17) is 11.6 Å². The van der Waals surface area contributed by atoms with E-state index in [0.29, 0.717) is 23.8 Å². The molecule has 1 fully saturated rings. The monoisotopic (exact) mass is 295 g/mol. The molecule has 0 unspecified atom stereocenters. The summed E-state index contributed by atoms with van der Waals surface area (Å²) >= 11 is 5.77. The summed E-state index contributed by atoms with van der Waals surface area (Å²) in [7, 11) is 2.02. The Hall–Kier alpha value is -1.59. The fourth-order valence-electron chi connectivity index (χ4n) is 2.04. The van der Waals surface area contributed by atoms with Crippen LogP contribution in [0.5, 0.6) is 0 Å². The number of likely N-dealkylation sites (N-methyl/N-ethyl adjacent to an activating group) is 1. The van der Waals surface area contributed by atoms with Gasteiger partial charge in [-0.2, -0.15) is 0 Å². The fourth-order valence-corrected chi connectivity index (χ4v) is 2.17. The largest absolute Gasteiger partial charge is 0.340 e. The Morgan fingerprint density at radius 3 is 2.35 bits per heavy atom. The van der Waals surface area contributed by atoms with Gasteiger partial charge in [0.2, 0.25) is 11.8 Å². The van der Waals surface area contributed by atoms with Crippen molar-refractivity contribution in [2.24, 2.45) is 0 Å². The van der Waals surface area contributed by atoms with Gasteiger partial charge in [0, 0.05) is 36.9 Å². The third-order valence-electron chi connectivity index (χ3n) is 3.30. The Labute approximate surface area is 123 Å². The van der Waals surface area contributed by atoms with Gasteiger partial charge in [-0.15, -0.1) is 0 Å². The highest BCUT2D eigenvalue weighted by Gasteiger charge is 2.21. The number of nitrogens with one attached hydrogen (secondary N) is 1. The Bertz CT molecular complexity index is 482. The van der Waals surface area contributed by atoms with E-state index in [2.05, 4.69) is 10.2 Å². The lowest BCUT2D eigenvalue weighted by molar-refractivity contribution is -0.135. The van der Waals surface area contributed by atoms with Crippen molar-refractivity contribution in [2.75, 3.05) is 38.5 Å². The van der Waals surface area contributed by atoms with Gasteiger partial charge in [0.05, 0.1) is 0 Å². The maximum atomic E-state index is 12.0. The molecule has 1 aromatic rings. The summed E-state index contributed by atoms with van der Waals surface area (Å²) in [6.07, 6.45) is -0.119. The molecule has 1 N–H and O–H groups in total. The van der Waals surface area contributed by atoms with Crippen LogP contribution in [0.2, 0.25) is 5.02 Å². The van der Waals surface area contributed by atoms with Crippen LogP contribution in [0.1, 0.15) is 6.42 Å². The molecule has 0 saturated carbocycles. The van der Waals surface area contributed by atoms with Crippen LogP contribution in [0.15, 0.2) is 24.3 Å². The molecule has 108 valence electrons. The van der Waals surface area contributed by atoms with Gasteiger partial charge in [-0.25, -0.2) is 0 Å². The molecule has 2 amide bonds. The van der Waals surface area contributed by atoms with Gasteiger partial charge in [0.1, 0.15) is 6.42 Å². The molecule has 1 saturated heterocycles. The SMILES string of the molecule is CN1CCN(C(=O)CC(=O)Nc2ccc(Cl)cc2)CC1. The quantitative estimate of drug-likeness (QED) is 0.859. The Morgan fingerprint density at radius 1 is 1.15 bits per heavy atom. The second-order valence-electron chi connectivity index (χ2n) is 4.92.